The number of hydrogen-bond acceptors (Lipinski definition) is 3. The molecular formula is C13H11FN2O2. The van der Waals surface area contributed by atoms with Gasteiger partial charge in [-0.1, -0.05) is 18.2 Å². The second kappa shape index (κ2) is 5.35. The summed E-state index contributed by atoms with van der Waals surface area (Å²) in [5.74, 6) is -2.07. The van der Waals surface area contributed by atoms with Crippen LogP contribution in [0.1, 0.15) is 23.6 Å². The highest BCUT2D eigenvalue weighted by Crippen LogP contribution is 2.27. The lowest BCUT2D eigenvalue weighted by atomic mass is 9.92. The largest absolute Gasteiger partial charge is 0.481 e. The van der Waals surface area contributed by atoms with Crippen LogP contribution in [0.15, 0.2) is 42.9 Å². The maximum absolute atomic E-state index is 13.7. The molecule has 4 nitrogen and oxygen atoms in total. The molecule has 1 aromatic heterocycles. The SMILES string of the molecule is O=C(O)CC(c1cnccn1)c1ccccc1F. The van der Waals surface area contributed by atoms with Crippen molar-refractivity contribution in [3.63, 3.8) is 0 Å². The van der Waals surface area contributed by atoms with Gasteiger partial charge < -0.3 is 5.11 Å². The van der Waals surface area contributed by atoms with Crippen LogP contribution in [0.25, 0.3) is 0 Å². The Morgan fingerprint density at radius 3 is 2.72 bits per heavy atom. The normalized spacial score (nSPS) is 12.1. The van der Waals surface area contributed by atoms with E-state index in [1.54, 1.807) is 18.2 Å². The number of aromatic nitrogens is 2. The molecule has 1 unspecified atom stereocenters. The standard InChI is InChI=1S/C13H11FN2O2/c14-11-4-2-1-3-9(11)10(7-13(17)18)12-8-15-5-6-16-12/h1-6,8,10H,7H2,(H,17,18). The van der Waals surface area contributed by atoms with Gasteiger partial charge in [-0.15, -0.1) is 0 Å². The fraction of sp³-hybridized carbons (Fsp3) is 0.154. The third kappa shape index (κ3) is 2.68. The third-order valence-corrected chi connectivity index (χ3v) is 2.60. The summed E-state index contributed by atoms with van der Waals surface area (Å²) in [5.41, 5.74) is 0.769. The Morgan fingerprint density at radius 1 is 1.33 bits per heavy atom. The van der Waals surface area contributed by atoms with Crippen molar-refractivity contribution in [1.82, 2.24) is 9.97 Å². The molecule has 2 rings (SSSR count). The van der Waals surface area contributed by atoms with E-state index in [-0.39, 0.29) is 6.42 Å². The van der Waals surface area contributed by atoms with E-state index < -0.39 is 17.7 Å². The molecular weight excluding hydrogens is 235 g/mol. The number of benzene rings is 1. The van der Waals surface area contributed by atoms with Gasteiger partial charge in [-0.05, 0) is 11.6 Å². The summed E-state index contributed by atoms with van der Waals surface area (Å²) in [6.45, 7) is 0. The van der Waals surface area contributed by atoms with Gasteiger partial charge in [0.1, 0.15) is 5.82 Å². The first kappa shape index (κ1) is 12.2. The predicted molar refractivity (Wildman–Crippen MR) is 62.5 cm³/mol. The number of rotatable bonds is 4. The zero-order valence-corrected chi connectivity index (χ0v) is 9.45. The van der Waals surface area contributed by atoms with Crippen LogP contribution in [0.3, 0.4) is 0 Å². The molecule has 1 aromatic carbocycles. The molecule has 2 aromatic rings. The van der Waals surface area contributed by atoms with E-state index in [0.29, 0.717) is 11.3 Å². The van der Waals surface area contributed by atoms with Crippen LogP contribution in [-0.4, -0.2) is 21.0 Å². The minimum atomic E-state index is -1.01. The molecule has 0 aliphatic carbocycles. The summed E-state index contributed by atoms with van der Waals surface area (Å²) < 4.78 is 13.7. The van der Waals surface area contributed by atoms with Crippen molar-refractivity contribution in [3.05, 3.63) is 59.9 Å². The van der Waals surface area contributed by atoms with Crippen LogP contribution in [0.2, 0.25) is 0 Å². The molecule has 1 heterocycles. The highest BCUT2D eigenvalue weighted by Gasteiger charge is 2.22. The summed E-state index contributed by atoms with van der Waals surface area (Å²) in [6.07, 6.45) is 4.19. The quantitative estimate of drug-likeness (QED) is 0.898. The molecule has 0 amide bonds. The van der Waals surface area contributed by atoms with Crippen LogP contribution in [0.5, 0.6) is 0 Å². The average molecular weight is 246 g/mol. The monoisotopic (exact) mass is 246 g/mol. The van der Waals surface area contributed by atoms with E-state index in [0.717, 1.165) is 0 Å². The number of aliphatic carboxylic acids is 1. The smallest absolute Gasteiger partial charge is 0.304 e. The summed E-state index contributed by atoms with van der Waals surface area (Å²) in [4.78, 5) is 18.8. The number of halogens is 1. The van der Waals surface area contributed by atoms with E-state index in [4.69, 9.17) is 5.11 Å². The second-order valence-electron chi connectivity index (χ2n) is 3.80. The fourth-order valence-electron chi connectivity index (χ4n) is 1.80. The molecule has 0 radical (unpaired) electrons. The topological polar surface area (TPSA) is 63.1 Å². The zero-order chi connectivity index (χ0) is 13.0. The van der Waals surface area contributed by atoms with Gasteiger partial charge >= 0.3 is 5.97 Å². The summed E-state index contributed by atoms with van der Waals surface area (Å²) in [6, 6.07) is 6.11. The Bertz CT molecular complexity index is 546. The molecule has 18 heavy (non-hydrogen) atoms. The van der Waals surface area contributed by atoms with E-state index >= 15 is 0 Å². The molecule has 0 bridgehead atoms. The lowest BCUT2D eigenvalue weighted by Gasteiger charge is -2.14. The van der Waals surface area contributed by atoms with Crippen molar-refractivity contribution in [1.29, 1.82) is 0 Å². The van der Waals surface area contributed by atoms with E-state index in [2.05, 4.69) is 9.97 Å². The molecule has 0 aliphatic rings. The lowest BCUT2D eigenvalue weighted by Crippen LogP contribution is -2.11. The number of carbonyl (C=O) groups is 1. The number of carboxylic acids is 1. The van der Waals surface area contributed by atoms with Crippen molar-refractivity contribution in [2.24, 2.45) is 0 Å². The number of nitrogens with zero attached hydrogens (tertiary/aromatic N) is 2. The van der Waals surface area contributed by atoms with Crippen molar-refractivity contribution in [2.75, 3.05) is 0 Å². The molecule has 1 N–H and O–H groups in total. The maximum atomic E-state index is 13.7. The zero-order valence-electron chi connectivity index (χ0n) is 9.45. The molecule has 0 spiro atoms. The highest BCUT2D eigenvalue weighted by atomic mass is 19.1. The first-order valence-corrected chi connectivity index (χ1v) is 5.40. The minimum Gasteiger partial charge on any atom is -0.481 e. The van der Waals surface area contributed by atoms with E-state index in [1.165, 1.54) is 24.7 Å². The Labute approximate surface area is 103 Å². The van der Waals surface area contributed by atoms with Gasteiger partial charge in [0.25, 0.3) is 0 Å². The van der Waals surface area contributed by atoms with Crippen LogP contribution < -0.4 is 0 Å². The molecule has 0 saturated carbocycles. The first-order valence-electron chi connectivity index (χ1n) is 5.40. The summed E-state index contributed by atoms with van der Waals surface area (Å²) in [5, 5.41) is 8.93. The number of hydrogen-bond donors (Lipinski definition) is 1. The molecule has 0 aliphatic heterocycles. The average Bonchev–Trinajstić information content (AvgIpc) is 2.38. The Morgan fingerprint density at radius 2 is 2.11 bits per heavy atom. The predicted octanol–water partition coefficient (Wildman–Crippen LogP) is 2.22. The van der Waals surface area contributed by atoms with E-state index in [9.17, 15) is 9.18 Å². The molecule has 92 valence electrons. The van der Waals surface area contributed by atoms with Crippen LogP contribution in [0, 0.1) is 5.82 Å². The van der Waals surface area contributed by atoms with Gasteiger partial charge in [0, 0.05) is 24.5 Å². The Kier molecular flexibility index (Phi) is 3.62. The van der Waals surface area contributed by atoms with Gasteiger partial charge in [0.15, 0.2) is 0 Å². The minimum absolute atomic E-state index is 0.223. The van der Waals surface area contributed by atoms with Crippen molar-refractivity contribution >= 4 is 5.97 Å². The van der Waals surface area contributed by atoms with E-state index in [1.807, 2.05) is 0 Å². The third-order valence-electron chi connectivity index (χ3n) is 2.60. The van der Waals surface area contributed by atoms with Crippen molar-refractivity contribution in [2.45, 2.75) is 12.3 Å². The maximum Gasteiger partial charge on any atom is 0.304 e. The molecule has 5 heteroatoms. The van der Waals surface area contributed by atoms with Crippen molar-refractivity contribution in [3.8, 4) is 0 Å². The summed E-state index contributed by atoms with van der Waals surface area (Å²) in [7, 11) is 0. The highest BCUT2D eigenvalue weighted by molar-refractivity contribution is 5.68. The van der Waals surface area contributed by atoms with Gasteiger partial charge in [0.2, 0.25) is 0 Å². The number of carboxylic acid groups (broad SMARTS) is 1. The van der Waals surface area contributed by atoms with Crippen LogP contribution in [-0.2, 0) is 4.79 Å². The second-order valence-corrected chi connectivity index (χ2v) is 3.80. The molecule has 0 saturated heterocycles. The Hall–Kier alpha value is -2.30. The van der Waals surface area contributed by atoms with Crippen molar-refractivity contribution < 1.29 is 14.3 Å². The van der Waals surface area contributed by atoms with Gasteiger partial charge in [0.05, 0.1) is 12.1 Å². The lowest BCUT2D eigenvalue weighted by molar-refractivity contribution is -0.137. The van der Waals surface area contributed by atoms with Gasteiger partial charge in [-0.25, -0.2) is 4.39 Å². The van der Waals surface area contributed by atoms with Gasteiger partial charge in [-0.2, -0.15) is 0 Å². The van der Waals surface area contributed by atoms with Crippen LogP contribution in [0.4, 0.5) is 4.39 Å². The molecule has 0 fully saturated rings. The fourth-order valence-corrected chi connectivity index (χ4v) is 1.80. The van der Waals surface area contributed by atoms with Crippen LogP contribution >= 0.6 is 0 Å². The Balaban J connectivity index is 2.44. The molecule has 1 atom stereocenters. The first-order chi connectivity index (χ1) is 8.68. The van der Waals surface area contributed by atoms with Gasteiger partial charge in [-0.3, -0.25) is 14.8 Å². The summed E-state index contributed by atoms with van der Waals surface area (Å²) >= 11 is 0.